The summed E-state index contributed by atoms with van der Waals surface area (Å²) in [5.41, 5.74) is 1.08. The van der Waals surface area contributed by atoms with Crippen molar-refractivity contribution in [3.63, 3.8) is 0 Å². The number of nitrogens with zero attached hydrogens (tertiary/aromatic N) is 1. The summed E-state index contributed by atoms with van der Waals surface area (Å²) in [6.45, 7) is 3.80. The zero-order valence-corrected chi connectivity index (χ0v) is 15.0. The lowest BCUT2D eigenvalue weighted by atomic mass is 9.49. The number of hydrogen-bond acceptors (Lipinski definition) is 5. The number of aromatic nitrogens is 1. The topological polar surface area (TPSA) is 81.4 Å². The SMILES string of the molecule is Cc1noc(C)c1C(=O)OCC(=O)NCC12CC3CC(CC(C3)C1)C2. The van der Waals surface area contributed by atoms with Crippen molar-refractivity contribution in [1.82, 2.24) is 10.5 Å². The summed E-state index contributed by atoms with van der Waals surface area (Å²) in [7, 11) is 0. The number of rotatable bonds is 5. The van der Waals surface area contributed by atoms with Crippen molar-refractivity contribution in [1.29, 1.82) is 0 Å². The Morgan fingerprint density at radius 3 is 2.28 bits per heavy atom. The first-order chi connectivity index (χ1) is 11.9. The largest absolute Gasteiger partial charge is 0.452 e. The molecule has 25 heavy (non-hydrogen) atoms. The number of nitrogens with one attached hydrogen (secondary N) is 1. The average Bonchev–Trinajstić information content (AvgIpc) is 2.88. The minimum Gasteiger partial charge on any atom is -0.452 e. The normalized spacial score (nSPS) is 32.6. The lowest BCUT2D eigenvalue weighted by Crippen LogP contribution is -2.51. The van der Waals surface area contributed by atoms with Gasteiger partial charge in [-0.1, -0.05) is 5.16 Å². The first-order valence-electron chi connectivity index (χ1n) is 9.31. The summed E-state index contributed by atoms with van der Waals surface area (Å²) < 4.78 is 10.1. The van der Waals surface area contributed by atoms with Crippen LogP contribution >= 0.6 is 0 Å². The molecule has 4 saturated carbocycles. The first kappa shape index (κ1) is 16.6. The number of ether oxygens (including phenoxy) is 1. The lowest BCUT2D eigenvalue weighted by Gasteiger charge is -2.56. The van der Waals surface area contributed by atoms with E-state index in [4.69, 9.17) is 9.26 Å². The number of esters is 1. The number of aryl methyl sites for hydroxylation is 2. The van der Waals surface area contributed by atoms with Gasteiger partial charge in [-0.05, 0) is 75.5 Å². The van der Waals surface area contributed by atoms with Crippen LogP contribution in [0.3, 0.4) is 0 Å². The highest BCUT2D eigenvalue weighted by molar-refractivity contribution is 5.93. The Kier molecular flexibility index (Phi) is 4.08. The van der Waals surface area contributed by atoms with Crippen LogP contribution in [0.2, 0.25) is 0 Å². The molecule has 6 nitrogen and oxygen atoms in total. The van der Waals surface area contributed by atoms with Crippen LogP contribution in [0, 0.1) is 37.0 Å². The Hall–Kier alpha value is -1.85. The van der Waals surface area contributed by atoms with Crippen LogP contribution < -0.4 is 5.32 Å². The van der Waals surface area contributed by atoms with Gasteiger partial charge in [0.05, 0.1) is 5.69 Å². The predicted molar refractivity (Wildman–Crippen MR) is 89.9 cm³/mol. The van der Waals surface area contributed by atoms with Gasteiger partial charge < -0.3 is 14.6 Å². The van der Waals surface area contributed by atoms with Crippen LogP contribution in [-0.4, -0.2) is 30.2 Å². The molecule has 1 aromatic rings. The maximum Gasteiger partial charge on any atom is 0.344 e. The van der Waals surface area contributed by atoms with Crippen LogP contribution in [0.15, 0.2) is 4.52 Å². The lowest BCUT2D eigenvalue weighted by molar-refractivity contribution is -0.126. The molecule has 4 fully saturated rings. The molecule has 0 radical (unpaired) electrons. The number of amides is 1. The van der Waals surface area contributed by atoms with E-state index in [1.807, 2.05) is 0 Å². The Morgan fingerprint density at radius 1 is 1.16 bits per heavy atom. The van der Waals surface area contributed by atoms with E-state index in [0.717, 1.165) is 24.3 Å². The van der Waals surface area contributed by atoms with Crippen LogP contribution in [0.25, 0.3) is 0 Å². The van der Waals surface area contributed by atoms with Gasteiger partial charge in [0.25, 0.3) is 5.91 Å². The third kappa shape index (κ3) is 3.18. The molecule has 6 heteroatoms. The summed E-state index contributed by atoms with van der Waals surface area (Å²) >= 11 is 0. The summed E-state index contributed by atoms with van der Waals surface area (Å²) in [6, 6.07) is 0. The van der Waals surface area contributed by atoms with E-state index in [0.29, 0.717) is 17.0 Å². The van der Waals surface area contributed by atoms with E-state index in [-0.39, 0.29) is 17.9 Å². The van der Waals surface area contributed by atoms with E-state index in [1.165, 1.54) is 38.5 Å². The van der Waals surface area contributed by atoms with Crippen LogP contribution in [0.5, 0.6) is 0 Å². The molecule has 0 saturated heterocycles. The van der Waals surface area contributed by atoms with E-state index in [9.17, 15) is 9.59 Å². The molecule has 136 valence electrons. The molecular weight excluding hydrogens is 320 g/mol. The molecule has 4 aliphatic rings. The highest BCUT2D eigenvalue weighted by atomic mass is 16.5. The van der Waals surface area contributed by atoms with E-state index >= 15 is 0 Å². The molecule has 1 N–H and O–H groups in total. The predicted octanol–water partition coefficient (Wildman–Crippen LogP) is 2.78. The van der Waals surface area contributed by atoms with Crippen LogP contribution in [0.4, 0.5) is 0 Å². The third-order valence-corrected chi connectivity index (χ3v) is 6.40. The van der Waals surface area contributed by atoms with Crippen molar-refractivity contribution in [2.75, 3.05) is 13.2 Å². The van der Waals surface area contributed by atoms with E-state index in [1.54, 1.807) is 13.8 Å². The molecule has 4 aliphatic carbocycles. The fraction of sp³-hybridized carbons (Fsp3) is 0.737. The smallest absolute Gasteiger partial charge is 0.344 e. The van der Waals surface area contributed by atoms with Crippen molar-refractivity contribution >= 4 is 11.9 Å². The Morgan fingerprint density at radius 2 is 1.76 bits per heavy atom. The molecule has 0 spiro atoms. The van der Waals surface area contributed by atoms with Crippen LogP contribution in [0.1, 0.15) is 60.3 Å². The zero-order chi connectivity index (χ0) is 17.6. The van der Waals surface area contributed by atoms with Crippen molar-refractivity contribution in [2.24, 2.45) is 23.2 Å². The maximum atomic E-state index is 12.2. The molecule has 0 aliphatic heterocycles. The zero-order valence-electron chi connectivity index (χ0n) is 15.0. The second-order valence-electron chi connectivity index (χ2n) is 8.47. The molecule has 1 aromatic heterocycles. The average molecular weight is 346 g/mol. The molecule has 1 heterocycles. The molecule has 0 atom stereocenters. The van der Waals surface area contributed by atoms with Gasteiger partial charge in [-0.2, -0.15) is 0 Å². The minimum atomic E-state index is -0.554. The van der Waals surface area contributed by atoms with Crippen molar-refractivity contribution in [3.05, 3.63) is 17.0 Å². The molecule has 4 bridgehead atoms. The highest BCUT2D eigenvalue weighted by Crippen LogP contribution is 2.59. The van der Waals surface area contributed by atoms with Gasteiger partial charge in [0.15, 0.2) is 6.61 Å². The van der Waals surface area contributed by atoms with Gasteiger partial charge in [-0.15, -0.1) is 0 Å². The molecule has 0 unspecified atom stereocenters. The van der Waals surface area contributed by atoms with Crippen molar-refractivity contribution in [3.8, 4) is 0 Å². The summed E-state index contributed by atoms with van der Waals surface area (Å²) in [4.78, 5) is 24.2. The Bertz CT molecular complexity index is 639. The number of hydrogen-bond donors (Lipinski definition) is 1. The molecule has 0 aromatic carbocycles. The summed E-state index contributed by atoms with van der Waals surface area (Å²) in [5, 5.41) is 6.74. The van der Waals surface area contributed by atoms with Crippen molar-refractivity contribution in [2.45, 2.75) is 52.4 Å². The quantitative estimate of drug-likeness (QED) is 0.829. The fourth-order valence-electron chi connectivity index (χ4n) is 5.82. The second kappa shape index (κ2) is 6.15. The second-order valence-corrected chi connectivity index (χ2v) is 8.47. The van der Waals surface area contributed by atoms with Crippen molar-refractivity contribution < 1.29 is 18.8 Å². The minimum absolute atomic E-state index is 0.226. The Balaban J connectivity index is 1.28. The van der Waals surface area contributed by atoms with E-state index < -0.39 is 5.97 Å². The summed E-state index contributed by atoms with van der Waals surface area (Å²) in [6.07, 6.45) is 7.92. The number of carbonyl (C=O) groups is 2. The number of carbonyl (C=O) groups excluding carboxylic acids is 2. The molecular formula is C19H26N2O4. The van der Waals surface area contributed by atoms with Gasteiger partial charge in [0, 0.05) is 6.54 Å². The third-order valence-electron chi connectivity index (χ3n) is 6.40. The monoisotopic (exact) mass is 346 g/mol. The van der Waals surface area contributed by atoms with Gasteiger partial charge >= 0.3 is 5.97 Å². The van der Waals surface area contributed by atoms with Gasteiger partial charge in [-0.3, -0.25) is 4.79 Å². The molecule has 1 amide bonds. The highest BCUT2D eigenvalue weighted by Gasteiger charge is 2.50. The van der Waals surface area contributed by atoms with Crippen LogP contribution in [-0.2, 0) is 9.53 Å². The molecule has 5 rings (SSSR count). The maximum absolute atomic E-state index is 12.2. The fourth-order valence-corrected chi connectivity index (χ4v) is 5.82. The first-order valence-corrected chi connectivity index (χ1v) is 9.31. The summed E-state index contributed by atoms with van der Waals surface area (Å²) in [5.74, 6) is 2.22. The van der Waals surface area contributed by atoms with E-state index in [2.05, 4.69) is 10.5 Å². The standard InChI is InChI=1S/C19H26N2O4/c1-11-17(12(2)25-21-11)18(23)24-9-16(22)20-10-19-6-13-3-14(7-19)5-15(4-13)8-19/h13-15H,3-10H2,1-2H3,(H,20,22). The van der Waals surface area contributed by atoms with Gasteiger partial charge in [-0.25, -0.2) is 4.79 Å². The Labute approximate surface area is 147 Å². The van der Waals surface area contributed by atoms with Gasteiger partial charge in [0.1, 0.15) is 11.3 Å². The van der Waals surface area contributed by atoms with Gasteiger partial charge in [0.2, 0.25) is 0 Å².